The normalized spacial score (nSPS) is 23.9. The average Bonchev–Trinajstić information content (AvgIpc) is 3.23. The van der Waals surface area contributed by atoms with E-state index in [1.54, 1.807) is 36.2 Å². The van der Waals surface area contributed by atoms with Gasteiger partial charge in [0.15, 0.2) is 6.29 Å². The number of methoxy groups -OCH3 is 1. The molecule has 2 N–H and O–H groups in total. The van der Waals surface area contributed by atoms with E-state index in [1.165, 1.54) is 14.2 Å². The third kappa shape index (κ3) is 8.88. The monoisotopic (exact) mass is 782 g/mol. The van der Waals surface area contributed by atoms with Crippen molar-refractivity contribution in [3.63, 3.8) is 0 Å². The fourth-order valence-electron chi connectivity index (χ4n) is 8.85. The van der Waals surface area contributed by atoms with Crippen molar-refractivity contribution in [2.24, 2.45) is 22.9 Å². The lowest BCUT2D eigenvalue weighted by atomic mass is 9.55. The number of rotatable bonds is 19. The Morgan fingerprint density at radius 3 is 2.44 bits per heavy atom. The van der Waals surface area contributed by atoms with Crippen LogP contribution in [0, 0.1) is 17.8 Å². The van der Waals surface area contributed by atoms with Crippen molar-refractivity contribution in [3.05, 3.63) is 108 Å². The Morgan fingerprint density at radius 1 is 1.00 bits per heavy atom. The Bertz CT molecular complexity index is 1910. The lowest BCUT2D eigenvalue weighted by Crippen LogP contribution is -2.69. The molecule has 1 amide bonds. The smallest absolute Gasteiger partial charge is 0.410 e. The molecule has 304 valence electrons. The second-order valence-corrected chi connectivity index (χ2v) is 14.7. The summed E-state index contributed by atoms with van der Waals surface area (Å²) in [5, 5.41) is 24.2. The van der Waals surface area contributed by atoms with E-state index in [0.29, 0.717) is 47.1 Å². The van der Waals surface area contributed by atoms with E-state index in [0.717, 1.165) is 48.7 Å². The van der Waals surface area contributed by atoms with Crippen LogP contribution in [0.5, 0.6) is 23.0 Å². The number of oxime groups is 1. The lowest BCUT2D eigenvalue weighted by molar-refractivity contribution is -0.253. The summed E-state index contributed by atoms with van der Waals surface area (Å²) in [5.41, 5.74) is 3.72. The maximum Gasteiger partial charge on any atom is 0.410 e. The summed E-state index contributed by atoms with van der Waals surface area (Å²) < 4.78 is 31.7. The Labute approximate surface area is 334 Å². The third-order valence-electron chi connectivity index (χ3n) is 11.4. The zero-order valence-electron chi connectivity index (χ0n) is 33.0. The highest BCUT2D eigenvalue weighted by molar-refractivity contribution is 6.03. The molecule has 2 aliphatic carbocycles. The first-order valence-corrected chi connectivity index (χ1v) is 19.7. The van der Waals surface area contributed by atoms with Gasteiger partial charge in [-0.1, -0.05) is 60.5 Å². The summed E-state index contributed by atoms with van der Waals surface area (Å²) in [5.74, 6) is 0.0214. The minimum Gasteiger partial charge on any atom is -0.496 e. The number of carbonyl (C=O) groups is 2. The number of aldehydes is 1. The minimum atomic E-state index is -1.41. The molecule has 6 unspecified atom stereocenters. The van der Waals surface area contributed by atoms with Crippen LogP contribution in [-0.2, 0) is 20.9 Å². The van der Waals surface area contributed by atoms with E-state index in [-0.39, 0.29) is 50.6 Å². The molecule has 6 rings (SSSR count). The minimum absolute atomic E-state index is 0.0362. The molecule has 1 fully saturated rings. The van der Waals surface area contributed by atoms with E-state index in [1.807, 2.05) is 48.5 Å². The van der Waals surface area contributed by atoms with Crippen LogP contribution in [0.3, 0.4) is 0 Å². The first kappa shape index (κ1) is 41.5. The van der Waals surface area contributed by atoms with Crippen LogP contribution in [-0.4, -0.2) is 86.1 Å². The highest BCUT2D eigenvalue weighted by Crippen LogP contribution is 2.62. The van der Waals surface area contributed by atoms with E-state index in [9.17, 15) is 19.8 Å². The molecule has 1 saturated carbocycles. The van der Waals surface area contributed by atoms with Crippen LogP contribution >= 0.6 is 0 Å². The Hall–Kier alpha value is -5.17. The van der Waals surface area contributed by atoms with Crippen molar-refractivity contribution >= 4 is 18.1 Å². The fraction of sp³-hybridized carbons (Fsp3) is 0.444. The molecular weight excluding hydrogens is 728 g/mol. The SMILES string of the molecule is C=CCOC12Oc3ccc(Oc4ccc(OC)c(C=O)c4)cc3C3C(CCCCO)C(CCCCO)C=C(C(=NOC)CC1N(C)C(=O)OCc1ccccc1)C32. The summed E-state index contributed by atoms with van der Waals surface area (Å²) in [6.45, 7) is 4.37. The predicted octanol–water partition coefficient (Wildman–Crippen LogP) is 7.83. The van der Waals surface area contributed by atoms with Gasteiger partial charge < -0.3 is 43.6 Å². The maximum absolute atomic E-state index is 14.0. The van der Waals surface area contributed by atoms with Crippen LogP contribution in [0.1, 0.15) is 72.3 Å². The molecule has 57 heavy (non-hydrogen) atoms. The van der Waals surface area contributed by atoms with E-state index in [2.05, 4.69) is 17.8 Å². The van der Waals surface area contributed by atoms with Crippen LogP contribution in [0.4, 0.5) is 4.79 Å². The van der Waals surface area contributed by atoms with Crippen LogP contribution in [0.25, 0.3) is 0 Å². The lowest BCUT2D eigenvalue weighted by Gasteiger charge is -2.59. The van der Waals surface area contributed by atoms with Crippen molar-refractivity contribution in [3.8, 4) is 23.0 Å². The number of ether oxygens (including phenoxy) is 5. The van der Waals surface area contributed by atoms with Gasteiger partial charge in [0.25, 0.3) is 0 Å². The molecule has 12 nitrogen and oxygen atoms in total. The topological polar surface area (TPSA) is 146 Å². The number of amides is 1. The van der Waals surface area contributed by atoms with Crippen LogP contribution in [0.2, 0.25) is 0 Å². The highest BCUT2D eigenvalue weighted by Gasteiger charge is 2.65. The number of hydrogen-bond acceptors (Lipinski definition) is 11. The standard InChI is InChI=1S/C45H54N2O10/c1-5-23-55-45-41(47(2)44(51)54-29-30-13-7-6-8-14-30)27-38(46-53-4)36-25-31(15-9-11-21-48)35(16-10-12-22-49)42(43(36)45)37-26-34(18-20-40(37)57-45)56-33-17-19-39(52-3)32(24-33)28-50/h5-8,13-14,17-20,24-26,28,31,35,41-43,48-49H,1,9-12,15-16,21-23,27,29H2,2-4H3. The average molecular weight is 783 g/mol. The van der Waals surface area contributed by atoms with Crippen molar-refractivity contribution < 1.29 is 48.3 Å². The van der Waals surface area contributed by atoms with Gasteiger partial charge in [0.1, 0.15) is 42.8 Å². The zero-order chi connectivity index (χ0) is 40.4. The number of fused-ring (bicyclic) bond motifs is 2. The van der Waals surface area contributed by atoms with Crippen LogP contribution < -0.4 is 14.2 Å². The quantitative estimate of drug-likeness (QED) is 0.0534. The number of benzene rings is 3. The van der Waals surface area contributed by atoms with E-state index >= 15 is 0 Å². The first-order chi connectivity index (χ1) is 27.8. The molecular formula is C45H54N2O10. The molecule has 1 heterocycles. The Kier molecular flexibility index (Phi) is 14.1. The Balaban J connectivity index is 1.51. The van der Waals surface area contributed by atoms with Gasteiger partial charge in [0.05, 0.1) is 30.9 Å². The molecule has 6 atom stereocenters. The number of aliphatic hydroxyl groups excluding tert-OH is 2. The van der Waals surface area contributed by atoms with Crippen molar-refractivity contribution in [1.82, 2.24) is 4.90 Å². The molecule has 0 radical (unpaired) electrons. The number of likely N-dealkylation sites (N-methyl/N-ethyl adjacent to an activating group) is 1. The van der Waals surface area contributed by atoms with Crippen molar-refractivity contribution in [2.75, 3.05) is 41.1 Å². The zero-order valence-corrected chi connectivity index (χ0v) is 33.0. The summed E-state index contributed by atoms with van der Waals surface area (Å²) >= 11 is 0. The molecule has 3 aromatic carbocycles. The number of allylic oxidation sites excluding steroid dienone is 1. The van der Waals surface area contributed by atoms with E-state index < -0.39 is 23.8 Å². The summed E-state index contributed by atoms with van der Waals surface area (Å²) in [4.78, 5) is 32.9. The first-order valence-electron chi connectivity index (χ1n) is 19.7. The molecule has 0 saturated heterocycles. The molecule has 1 aliphatic heterocycles. The second kappa shape index (κ2) is 19.3. The van der Waals surface area contributed by atoms with Gasteiger partial charge >= 0.3 is 6.09 Å². The van der Waals surface area contributed by atoms with Gasteiger partial charge in [-0.3, -0.25) is 4.79 Å². The third-order valence-corrected chi connectivity index (χ3v) is 11.4. The molecule has 0 spiro atoms. The second-order valence-electron chi connectivity index (χ2n) is 14.7. The molecule has 0 bridgehead atoms. The fourth-order valence-corrected chi connectivity index (χ4v) is 8.85. The number of aliphatic hydroxyl groups is 2. The summed E-state index contributed by atoms with van der Waals surface area (Å²) in [7, 11) is 4.72. The van der Waals surface area contributed by atoms with Crippen molar-refractivity contribution in [1.29, 1.82) is 0 Å². The van der Waals surface area contributed by atoms with Gasteiger partial charge in [0.2, 0.25) is 5.79 Å². The summed E-state index contributed by atoms with van der Waals surface area (Å²) in [6, 6.07) is 19.5. The number of unbranched alkanes of at least 4 members (excludes halogenated alkanes) is 2. The van der Waals surface area contributed by atoms with Gasteiger partial charge in [-0.15, -0.1) is 6.58 Å². The van der Waals surface area contributed by atoms with Gasteiger partial charge in [-0.2, -0.15) is 0 Å². The van der Waals surface area contributed by atoms with Gasteiger partial charge in [0, 0.05) is 38.2 Å². The van der Waals surface area contributed by atoms with Crippen LogP contribution in [0.15, 0.2) is 96.2 Å². The Morgan fingerprint density at radius 2 is 1.74 bits per heavy atom. The molecule has 3 aromatic rings. The highest BCUT2D eigenvalue weighted by atomic mass is 16.7. The predicted molar refractivity (Wildman–Crippen MR) is 215 cm³/mol. The van der Waals surface area contributed by atoms with Gasteiger partial charge in [-0.05, 0) is 85.1 Å². The largest absolute Gasteiger partial charge is 0.496 e. The number of hydrogen-bond donors (Lipinski definition) is 2. The number of carbonyl (C=O) groups excluding carboxylic acids is 2. The molecule has 3 aliphatic rings. The maximum atomic E-state index is 14.0. The molecule has 0 aromatic heterocycles. The van der Waals surface area contributed by atoms with Gasteiger partial charge in [-0.25, -0.2) is 4.79 Å². The van der Waals surface area contributed by atoms with E-state index in [4.69, 9.17) is 28.5 Å². The number of nitrogens with zero attached hydrogens (tertiary/aromatic N) is 2. The summed E-state index contributed by atoms with van der Waals surface area (Å²) in [6.07, 6.45) is 8.91. The van der Waals surface area contributed by atoms with Crippen molar-refractivity contribution in [2.45, 2.75) is 69.3 Å². The molecule has 12 heteroatoms.